The molecule has 2 aromatic heterocycles. The minimum Gasteiger partial charge on any atom is -0.497 e. The summed E-state index contributed by atoms with van der Waals surface area (Å²) in [5, 5.41) is 12.1. The Morgan fingerprint density at radius 1 is 1.06 bits per heavy atom. The molecule has 8 nitrogen and oxygen atoms in total. The predicted molar refractivity (Wildman–Crippen MR) is 122 cm³/mol. The highest BCUT2D eigenvalue weighted by Crippen LogP contribution is 2.38. The molecule has 0 bridgehead atoms. The van der Waals surface area contributed by atoms with Crippen LogP contribution in [0.2, 0.25) is 0 Å². The number of aromatic nitrogens is 3. The van der Waals surface area contributed by atoms with Crippen LogP contribution < -0.4 is 16.0 Å². The molecule has 1 aliphatic rings. The summed E-state index contributed by atoms with van der Waals surface area (Å²) < 4.78 is 7.40. The third-order valence-electron chi connectivity index (χ3n) is 6.35. The van der Waals surface area contributed by atoms with Crippen LogP contribution in [0, 0.1) is 0 Å². The van der Waals surface area contributed by atoms with Crippen molar-refractivity contribution in [2.75, 3.05) is 20.7 Å². The van der Waals surface area contributed by atoms with Crippen LogP contribution in [0.1, 0.15) is 22.9 Å². The molecule has 8 heteroatoms. The van der Waals surface area contributed by atoms with Crippen molar-refractivity contribution in [1.82, 2.24) is 19.0 Å². The molecule has 32 heavy (non-hydrogen) atoms. The summed E-state index contributed by atoms with van der Waals surface area (Å²) in [6, 6.07) is 14.2. The molecule has 5 rings (SSSR count). The van der Waals surface area contributed by atoms with Gasteiger partial charge in [0.05, 0.1) is 18.8 Å². The van der Waals surface area contributed by atoms with Gasteiger partial charge in [0.1, 0.15) is 11.3 Å². The fraction of sp³-hybridized carbons (Fsp3) is 0.250. The normalized spacial score (nSPS) is 16.3. The van der Waals surface area contributed by atoms with Crippen LogP contribution in [0.15, 0.2) is 58.1 Å². The van der Waals surface area contributed by atoms with E-state index in [9.17, 15) is 14.7 Å². The van der Waals surface area contributed by atoms with Gasteiger partial charge >= 0.3 is 5.69 Å². The number of hydrogen-bond donors (Lipinski definition) is 2. The van der Waals surface area contributed by atoms with Crippen LogP contribution in [0.25, 0.3) is 16.6 Å². The Hall–Kier alpha value is -3.78. The number of nitrogens with one attached hydrogen (secondary N) is 1. The highest BCUT2D eigenvalue weighted by Gasteiger charge is 2.35. The van der Waals surface area contributed by atoms with Crippen molar-refractivity contribution in [2.24, 2.45) is 7.05 Å². The number of fused-ring (bicyclic) bond motifs is 3. The number of H-pyrrole nitrogens is 1. The molecule has 0 saturated carbocycles. The van der Waals surface area contributed by atoms with Gasteiger partial charge < -0.3 is 14.8 Å². The van der Waals surface area contributed by atoms with Gasteiger partial charge in [-0.2, -0.15) is 0 Å². The number of rotatable bonds is 3. The number of methoxy groups -OCH3 is 1. The number of hydrogen-bond acceptors (Lipinski definition) is 5. The first-order valence-corrected chi connectivity index (χ1v) is 10.4. The van der Waals surface area contributed by atoms with Crippen molar-refractivity contribution >= 4 is 10.9 Å². The lowest BCUT2D eigenvalue weighted by Crippen LogP contribution is -2.43. The summed E-state index contributed by atoms with van der Waals surface area (Å²) in [6.07, 6.45) is 0.825. The SMILES string of the molecule is COc1ccc(-n2c(=O)c(C3c4[nH]c5ccccc5c4CCN3C)c(O)n(C)c2=O)cc1. The van der Waals surface area contributed by atoms with Crippen molar-refractivity contribution in [3.8, 4) is 17.3 Å². The van der Waals surface area contributed by atoms with E-state index in [4.69, 9.17) is 4.74 Å². The van der Waals surface area contributed by atoms with Gasteiger partial charge in [0.25, 0.3) is 5.56 Å². The number of aromatic hydroxyl groups is 1. The van der Waals surface area contributed by atoms with Crippen LogP contribution in [0.3, 0.4) is 0 Å². The standard InChI is InChI=1S/C24H24N4O4/c1-26-13-12-17-16-6-4-5-7-18(16)25-20(17)21(26)19-22(29)27(2)24(31)28(23(19)30)14-8-10-15(32-3)11-9-14/h4-11,21,25,29H,12-13H2,1-3H3. The van der Waals surface area contributed by atoms with E-state index in [1.807, 2.05) is 30.1 Å². The van der Waals surface area contributed by atoms with Crippen LogP contribution in [0.5, 0.6) is 11.6 Å². The molecule has 1 atom stereocenters. The first kappa shape index (κ1) is 20.1. The lowest BCUT2D eigenvalue weighted by Gasteiger charge is -2.33. The highest BCUT2D eigenvalue weighted by atomic mass is 16.5. The second kappa shape index (κ2) is 7.42. The zero-order valence-electron chi connectivity index (χ0n) is 18.1. The molecule has 3 heterocycles. The topological polar surface area (TPSA) is 92.5 Å². The van der Waals surface area contributed by atoms with Gasteiger partial charge in [-0.3, -0.25) is 14.3 Å². The third-order valence-corrected chi connectivity index (χ3v) is 6.35. The molecule has 0 radical (unpaired) electrons. The molecular weight excluding hydrogens is 408 g/mol. The fourth-order valence-electron chi connectivity index (χ4n) is 4.65. The van der Waals surface area contributed by atoms with Crippen molar-refractivity contribution in [2.45, 2.75) is 12.5 Å². The Morgan fingerprint density at radius 2 is 1.78 bits per heavy atom. The van der Waals surface area contributed by atoms with Gasteiger partial charge in [-0.25, -0.2) is 9.36 Å². The number of nitrogens with zero attached hydrogens (tertiary/aromatic N) is 3. The van der Waals surface area contributed by atoms with Gasteiger partial charge in [0, 0.05) is 30.2 Å². The number of benzene rings is 2. The zero-order valence-corrected chi connectivity index (χ0v) is 18.1. The van der Waals surface area contributed by atoms with E-state index in [-0.39, 0.29) is 11.4 Å². The average molecular weight is 432 g/mol. The fourth-order valence-corrected chi connectivity index (χ4v) is 4.65. The van der Waals surface area contributed by atoms with Crippen molar-refractivity contribution in [3.05, 3.63) is 86.2 Å². The number of likely N-dealkylation sites (N-methyl/N-ethyl adjacent to an activating group) is 1. The molecule has 1 aliphatic heterocycles. The molecule has 2 aromatic carbocycles. The summed E-state index contributed by atoms with van der Waals surface area (Å²) >= 11 is 0. The second-order valence-corrected chi connectivity index (χ2v) is 8.11. The summed E-state index contributed by atoms with van der Waals surface area (Å²) in [5.74, 6) is 0.292. The van der Waals surface area contributed by atoms with Crippen molar-refractivity contribution in [1.29, 1.82) is 0 Å². The first-order chi connectivity index (χ1) is 15.4. The van der Waals surface area contributed by atoms with Crippen molar-refractivity contribution < 1.29 is 9.84 Å². The minimum atomic E-state index is -0.614. The van der Waals surface area contributed by atoms with Gasteiger partial charge in [-0.1, -0.05) is 18.2 Å². The Morgan fingerprint density at radius 3 is 2.50 bits per heavy atom. The lowest BCUT2D eigenvalue weighted by atomic mass is 9.93. The van der Waals surface area contributed by atoms with Crippen LogP contribution in [-0.4, -0.2) is 44.8 Å². The first-order valence-electron chi connectivity index (χ1n) is 10.4. The van der Waals surface area contributed by atoms with Crippen LogP contribution >= 0.6 is 0 Å². The molecule has 0 amide bonds. The molecule has 0 spiro atoms. The van der Waals surface area contributed by atoms with E-state index >= 15 is 0 Å². The predicted octanol–water partition coefficient (Wildman–Crippen LogP) is 2.31. The van der Waals surface area contributed by atoms with Gasteiger partial charge in [0.15, 0.2) is 0 Å². The number of aromatic amines is 1. The van der Waals surface area contributed by atoms with Gasteiger partial charge in [-0.05, 0) is 49.4 Å². The van der Waals surface area contributed by atoms with E-state index < -0.39 is 17.3 Å². The second-order valence-electron chi connectivity index (χ2n) is 8.11. The summed E-state index contributed by atoms with van der Waals surface area (Å²) in [4.78, 5) is 32.2. The Bertz CT molecular complexity index is 1450. The molecule has 0 saturated heterocycles. The molecule has 0 fully saturated rings. The summed E-state index contributed by atoms with van der Waals surface area (Å²) in [7, 11) is 4.94. The Balaban J connectivity index is 1.78. The van der Waals surface area contributed by atoms with E-state index in [1.54, 1.807) is 31.4 Å². The maximum Gasteiger partial charge on any atom is 0.338 e. The third kappa shape index (κ3) is 2.87. The molecule has 1 unspecified atom stereocenters. The summed E-state index contributed by atoms with van der Waals surface area (Å²) in [6.45, 7) is 0.712. The van der Waals surface area contributed by atoms with E-state index in [0.717, 1.165) is 37.7 Å². The number of para-hydroxylation sites is 1. The molecule has 0 aliphatic carbocycles. The summed E-state index contributed by atoms with van der Waals surface area (Å²) in [5.41, 5.74) is 2.40. The monoisotopic (exact) mass is 432 g/mol. The molecular formula is C24H24N4O4. The minimum absolute atomic E-state index is 0.165. The Kier molecular flexibility index (Phi) is 4.67. The van der Waals surface area contributed by atoms with E-state index in [2.05, 4.69) is 11.1 Å². The maximum atomic E-state index is 13.7. The van der Waals surface area contributed by atoms with E-state index in [0.29, 0.717) is 18.0 Å². The lowest BCUT2D eigenvalue weighted by molar-refractivity contribution is 0.250. The quantitative estimate of drug-likeness (QED) is 0.518. The smallest absolute Gasteiger partial charge is 0.338 e. The van der Waals surface area contributed by atoms with Crippen LogP contribution in [0.4, 0.5) is 0 Å². The largest absolute Gasteiger partial charge is 0.497 e. The van der Waals surface area contributed by atoms with E-state index in [1.165, 1.54) is 7.05 Å². The molecule has 164 valence electrons. The number of ether oxygens (including phenoxy) is 1. The molecule has 4 aromatic rings. The average Bonchev–Trinajstić information content (AvgIpc) is 3.18. The Labute approximate surface area is 183 Å². The zero-order chi connectivity index (χ0) is 22.6. The van der Waals surface area contributed by atoms with Crippen LogP contribution in [-0.2, 0) is 13.5 Å². The highest BCUT2D eigenvalue weighted by molar-refractivity contribution is 5.85. The van der Waals surface area contributed by atoms with Gasteiger partial charge in [0.2, 0.25) is 5.88 Å². The maximum absolute atomic E-state index is 13.7. The van der Waals surface area contributed by atoms with Gasteiger partial charge in [-0.15, -0.1) is 0 Å². The van der Waals surface area contributed by atoms with Crippen molar-refractivity contribution in [3.63, 3.8) is 0 Å². The molecule has 2 N–H and O–H groups in total.